The number of quaternary nitrogens is 1. The molecule has 0 aromatic carbocycles. The van der Waals surface area contributed by atoms with Gasteiger partial charge in [-0.3, -0.25) is 0 Å². The molecule has 0 fully saturated rings. The molecule has 0 saturated heterocycles. The van der Waals surface area contributed by atoms with Gasteiger partial charge in [0.25, 0.3) is 0 Å². The molecule has 0 aliphatic rings. The van der Waals surface area contributed by atoms with Crippen molar-refractivity contribution in [1.82, 2.24) is 0 Å². The van der Waals surface area contributed by atoms with Crippen LogP contribution in [0.3, 0.4) is 0 Å². The van der Waals surface area contributed by atoms with Crippen molar-refractivity contribution in [3.8, 4) is 0 Å². The van der Waals surface area contributed by atoms with E-state index in [1.54, 1.807) is 0 Å². The van der Waals surface area contributed by atoms with E-state index in [0.717, 1.165) is 0 Å². The molecule has 0 heterocycles. The summed E-state index contributed by atoms with van der Waals surface area (Å²) in [5.41, 5.74) is 0. The third-order valence-electron chi connectivity index (χ3n) is 2.68. The molecule has 3 heteroatoms. The lowest BCUT2D eigenvalue weighted by molar-refractivity contribution is -0.921. The van der Waals surface area contributed by atoms with Crippen LogP contribution in [0.2, 0.25) is 0 Å². The van der Waals surface area contributed by atoms with E-state index in [-0.39, 0.29) is 34.0 Å². The van der Waals surface area contributed by atoms with Gasteiger partial charge in [0.1, 0.15) is 0 Å². The molecule has 0 aromatic heterocycles. The second-order valence-electron chi connectivity index (χ2n) is 2.61. The van der Waals surface area contributed by atoms with E-state index in [9.17, 15) is 0 Å². The molecule has 0 aliphatic heterocycles. The summed E-state index contributed by atoms with van der Waals surface area (Å²) < 4.78 is 1.28. The Morgan fingerprint density at radius 1 is 0.636 bits per heavy atom. The van der Waals surface area contributed by atoms with Crippen LogP contribution in [0, 0.1) is 0 Å². The highest BCUT2D eigenvalue weighted by atomic mass is 79.9. The molecule has 1 nitrogen and oxygen atoms in total. The fraction of sp³-hybridized carbons (Fsp3) is 1.00. The second-order valence-corrected chi connectivity index (χ2v) is 2.61. The molecule has 0 spiro atoms. The van der Waals surface area contributed by atoms with Crippen LogP contribution >= 0.6 is 34.0 Å². The first kappa shape index (κ1) is 17.9. The van der Waals surface area contributed by atoms with E-state index in [1.807, 2.05) is 0 Å². The largest absolute Gasteiger partial charge is 0.325 e. The molecule has 0 saturated carbocycles. The van der Waals surface area contributed by atoms with Crippen molar-refractivity contribution in [3.05, 3.63) is 0 Å². The predicted octanol–water partition coefficient (Wildman–Crippen LogP) is 3.04. The number of nitrogens with zero attached hydrogens (tertiary/aromatic N) is 1. The Kier molecular flexibility index (Phi) is 14.6. The summed E-state index contributed by atoms with van der Waals surface area (Å²) in [6.07, 6.45) is 0. The summed E-state index contributed by atoms with van der Waals surface area (Å²) in [5.74, 6) is 0. The smallest absolute Gasteiger partial charge is 0.0757 e. The molecular formula is C8H22Br2N+. The van der Waals surface area contributed by atoms with Crippen molar-refractivity contribution < 1.29 is 4.48 Å². The molecule has 0 atom stereocenters. The predicted molar refractivity (Wildman–Crippen MR) is 63.1 cm³/mol. The zero-order valence-electron chi connectivity index (χ0n) is 8.09. The highest BCUT2D eigenvalue weighted by Gasteiger charge is 2.16. The van der Waals surface area contributed by atoms with E-state index in [0.29, 0.717) is 0 Å². The van der Waals surface area contributed by atoms with Gasteiger partial charge in [-0.25, -0.2) is 0 Å². The van der Waals surface area contributed by atoms with Gasteiger partial charge < -0.3 is 4.48 Å². The summed E-state index contributed by atoms with van der Waals surface area (Å²) in [6.45, 7) is 14.2. The lowest BCUT2D eigenvalue weighted by Crippen LogP contribution is -2.47. The fourth-order valence-electron chi connectivity index (χ4n) is 1.34. The maximum Gasteiger partial charge on any atom is 0.0757 e. The minimum Gasteiger partial charge on any atom is -0.325 e. The summed E-state index contributed by atoms with van der Waals surface area (Å²) in [4.78, 5) is 0. The van der Waals surface area contributed by atoms with Crippen LogP contribution in [0.25, 0.3) is 0 Å². The lowest BCUT2D eigenvalue weighted by Gasteiger charge is -2.34. The van der Waals surface area contributed by atoms with Crippen molar-refractivity contribution in [2.45, 2.75) is 27.7 Å². The van der Waals surface area contributed by atoms with Gasteiger partial charge in [0.2, 0.25) is 0 Å². The monoisotopic (exact) mass is 290 g/mol. The first-order valence-corrected chi connectivity index (χ1v) is 4.09. The van der Waals surface area contributed by atoms with Crippen LogP contribution in [0.4, 0.5) is 0 Å². The van der Waals surface area contributed by atoms with Crippen LogP contribution in [-0.4, -0.2) is 30.7 Å². The quantitative estimate of drug-likeness (QED) is 0.699. The van der Waals surface area contributed by atoms with E-state index in [4.69, 9.17) is 0 Å². The Bertz CT molecular complexity index is 55.0. The molecule has 0 aliphatic carbocycles. The van der Waals surface area contributed by atoms with Gasteiger partial charge in [-0.2, -0.15) is 0 Å². The molecule has 0 aromatic rings. The first-order valence-electron chi connectivity index (χ1n) is 4.09. The average Bonchev–Trinajstić information content (AvgIpc) is 1.95. The van der Waals surface area contributed by atoms with E-state index in [2.05, 4.69) is 27.7 Å². The van der Waals surface area contributed by atoms with Crippen molar-refractivity contribution in [3.63, 3.8) is 0 Å². The highest BCUT2D eigenvalue weighted by Crippen LogP contribution is 2.03. The standard InChI is InChI=1S/C8H20N.2BrH/c1-5-9(6-2,7-3)8-4;;/h5-8H2,1-4H3;2*1H/q+1;;. The summed E-state index contributed by atoms with van der Waals surface area (Å²) in [7, 11) is 0. The van der Waals surface area contributed by atoms with Gasteiger partial charge in [0, 0.05) is 0 Å². The number of rotatable bonds is 4. The summed E-state index contributed by atoms with van der Waals surface area (Å²) in [5, 5.41) is 0. The van der Waals surface area contributed by atoms with Crippen molar-refractivity contribution >= 4 is 34.0 Å². The molecule has 0 amide bonds. The number of hydrogen-bond acceptors (Lipinski definition) is 0. The number of halogens is 2. The molecule has 0 unspecified atom stereocenters. The van der Waals surface area contributed by atoms with Gasteiger partial charge in [0.05, 0.1) is 26.2 Å². The van der Waals surface area contributed by atoms with Crippen LogP contribution in [0.1, 0.15) is 27.7 Å². The normalized spacial score (nSPS) is 9.82. The molecule has 0 bridgehead atoms. The van der Waals surface area contributed by atoms with E-state index >= 15 is 0 Å². The Morgan fingerprint density at radius 3 is 0.818 bits per heavy atom. The third-order valence-corrected chi connectivity index (χ3v) is 2.68. The van der Waals surface area contributed by atoms with Crippen molar-refractivity contribution in [2.24, 2.45) is 0 Å². The van der Waals surface area contributed by atoms with Crippen LogP contribution in [0.15, 0.2) is 0 Å². The Balaban J connectivity index is -0.000000320. The minimum atomic E-state index is 0. The maximum atomic E-state index is 2.27. The van der Waals surface area contributed by atoms with E-state index in [1.165, 1.54) is 30.7 Å². The van der Waals surface area contributed by atoms with Gasteiger partial charge >= 0.3 is 0 Å². The first-order chi connectivity index (χ1) is 4.24. The molecule has 11 heavy (non-hydrogen) atoms. The summed E-state index contributed by atoms with van der Waals surface area (Å²) in [6, 6.07) is 0. The van der Waals surface area contributed by atoms with Gasteiger partial charge in [0.15, 0.2) is 0 Å². The summed E-state index contributed by atoms with van der Waals surface area (Å²) >= 11 is 0. The fourth-order valence-corrected chi connectivity index (χ4v) is 1.34. The molecule has 0 N–H and O–H groups in total. The van der Waals surface area contributed by atoms with Crippen LogP contribution in [0.5, 0.6) is 0 Å². The third kappa shape index (κ3) is 5.21. The molecule has 0 radical (unpaired) electrons. The average molecular weight is 292 g/mol. The van der Waals surface area contributed by atoms with Gasteiger partial charge in [-0.1, -0.05) is 0 Å². The zero-order chi connectivity index (χ0) is 7.33. The Hall–Kier alpha value is 0.920. The minimum absolute atomic E-state index is 0. The second kappa shape index (κ2) is 9.01. The van der Waals surface area contributed by atoms with Gasteiger partial charge in [-0.05, 0) is 27.7 Å². The molecular weight excluding hydrogens is 270 g/mol. The topological polar surface area (TPSA) is 0 Å². The highest BCUT2D eigenvalue weighted by molar-refractivity contribution is 8.93. The van der Waals surface area contributed by atoms with Crippen LogP contribution in [-0.2, 0) is 0 Å². The van der Waals surface area contributed by atoms with Crippen molar-refractivity contribution in [2.75, 3.05) is 26.2 Å². The van der Waals surface area contributed by atoms with Gasteiger partial charge in [-0.15, -0.1) is 34.0 Å². The number of hydrogen-bond donors (Lipinski definition) is 0. The Labute approximate surface area is 92.3 Å². The molecule has 0 rings (SSSR count). The zero-order valence-corrected chi connectivity index (χ0v) is 11.5. The SMILES string of the molecule is Br.Br.CC[N+](CC)(CC)CC. The lowest BCUT2D eigenvalue weighted by atomic mass is 10.3. The van der Waals surface area contributed by atoms with Crippen LogP contribution < -0.4 is 0 Å². The molecule has 72 valence electrons. The van der Waals surface area contributed by atoms with Crippen molar-refractivity contribution in [1.29, 1.82) is 0 Å². The van der Waals surface area contributed by atoms with E-state index < -0.39 is 0 Å². The Morgan fingerprint density at radius 2 is 0.818 bits per heavy atom. The maximum absolute atomic E-state index is 2.27.